The highest BCUT2D eigenvalue weighted by Crippen LogP contribution is 2.25. The fourth-order valence-corrected chi connectivity index (χ4v) is 4.75. The van der Waals surface area contributed by atoms with E-state index in [2.05, 4.69) is 0 Å². The molecule has 0 bridgehead atoms. The van der Waals surface area contributed by atoms with Crippen LogP contribution in [0.3, 0.4) is 0 Å². The molecule has 1 atom stereocenters. The highest BCUT2D eigenvalue weighted by atomic mass is 32.2. The number of sulfone groups is 1. The van der Waals surface area contributed by atoms with E-state index < -0.39 is 32.7 Å². The first-order chi connectivity index (χ1) is 12.4. The molecular weight excluding hydrogens is 357 g/mol. The van der Waals surface area contributed by atoms with E-state index >= 15 is 0 Å². The molecule has 26 heavy (non-hydrogen) atoms. The van der Waals surface area contributed by atoms with Gasteiger partial charge in [-0.1, -0.05) is 18.2 Å². The molecule has 136 valence electrons. The number of nitrogens with zero attached hydrogens (tertiary/aromatic N) is 1. The van der Waals surface area contributed by atoms with Crippen LogP contribution in [-0.4, -0.2) is 36.9 Å². The molecule has 7 heteroatoms. The van der Waals surface area contributed by atoms with Gasteiger partial charge < -0.3 is 0 Å². The second kappa shape index (κ2) is 7.37. The van der Waals surface area contributed by atoms with Crippen LogP contribution in [0.1, 0.15) is 29.6 Å². The van der Waals surface area contributed by atoms with Crippen molar-refractivity contribution >= 4 is 21.7 Å². The minimum absolute atomic E-state index is 0.0643. The number of halogens is 1. The first kappa shape index (κ1) is 18.3. The summed E-state index contributed by atoms with van der Waals surface area (Å²) >= 11 is 0. The summed E-state index contributed by atoms with van der Waals surface area (Å²) in [4.78, 5) is 26.6. The monoisotopic (exact) mass is 375 g/mol. The molecular formula is C19H18FNO4S. The number of amides is 2. The quantitative estimate of drug-likeness (QED) is 0.774. The predicted molar refractivity (Wildman–Crippen MR) is 93.7 cm³/mol. The van der Waals surface area contributed by atoms with Crippen LogP contribution >= 0.6 is 0 Å². The Morgan fingerprint density at radius 3 is 2.31 bits per heavy atom. The first-order valence-electron chi connectivity index (χ1n) is 8.31. The molecule has 0 spiro atoms. The van der Waals surface area contributed by atoms with Gasteiger partial charge in [-0.15, -0.1) is 0 Å². The predicted octanol–water partition coefficient (Wildman–Crippen LogP) is 2.82. The van der Waals surface area contributed by atoms with Gasteiger partial charge in [-0.05, 0) is 55.7 Å². The van der Waals surface area contributed by atoms with E-state index in [1.54, 1.807) is 18.2 Å². The van der Waals surface area contributed by atoms with Crippen LogP contribution < -0.4 is 0 Å². The Morgan fingerprint density at radius 1 is 1.00 bits per heavy atom. The third-order valence-corrected chi connectivity index (χ3v) is 6.54. The minimum atomic E-state index is -3.89. The molecule has 0 unspecified atom stereocenters. The number of hydrogen-bond acceptors (Lipinski definition) is 4. The van der Waals surface area contributed by atoms with Gasteiger partial charge in [-0.3, -0.25) is 14.5 Å². The average Bonchev–Trinajstić information content (AvgIpc) is 2.84. The van der Waals surface area contributed by atoms with Gasteiger partial charge >= 0.3 is 0 Å². The molecule has 0 saturated carbocycles. The number of carbonyl (C=O) groups is 2. The van der Waals surface area contributed by atoms with E-state index in [1.807, 2.05) is 0 Å². The van der Waals surface area contributed by atoms with Crippen molar-refractivity contribution in [1.82, 2.24) is 4.90 Å². The molecule has 0 aromatic heterocycles. The molecule has 1 aliphatic heterocycles. The Bertz CT molecular complexity index is 910. The third-order valence-electron chi connectivity index (χ3n) is 4.42. The number of hydrogen-bond donors (Lipinski definition) is 0. The van der Waals surface area contributed by atoms with E-state index in [-0.39, 0.29) is 23.4 Å². The zero-order chi connectivity index (χ0) is 18.7. The van der Waals surface area contributed by atoms with E-state index in [4.69, 9.17) is 0 Å². The summed E-state index contributed by atoms with van der Waals surface area (Å²) in [7, 11) is -3.89. The summed E-state index contributed by atoms with van der Waals surface area (Å²) in [6.45, 7) is 0.149. The van der Waals surface area contributed by atoms with Gasteiger partial charge in [0.2, 0.25) is 5.91 Å². The molecule has 0 aliphatic carbocycles. The molecule has 3 rings (SSSR count). The Kier molecular flexibility index (Phi) is 5.18. The van der Waals surface area contributed by atoms with Gasteiger partial charge in [0, 0.05) is 12.1 Å². The van der Waals surface area contributed by atoms with Gasteiger partial charge in [0.1, 0.15) is 11.1 Å². The van der Waals surface area contributed by atoms with Crippen LogP contribution in [0.15, 0.2) is 59.5 Å². The fraction of sp³-hybridized carbons (Fsp3) is 0.263. The number of likely N-dealkylation sites (tertiary alicyclic amines) is 1. The summed E-state index contributed by atoms with van der Waals surface area (Å²) in [5.41, 5.74) is 0.150. The van der Waals surface area contributed by atoms with Crippen LogP contribution in [0.5, 0.6) is 0 Å². The number of rotatable bonds is 3. The summed E-state index contributed by atoms with van der Waals surface area (Å²) < 4.78 is 38.9. The summed E-state index contributed by atoms with van der Waals surface area (Å²) in [6, 6.07) is 12.6. The Balaban J connectivity index is 1.93. The standard InChI is InChI=1S/C19H18FNO4S/c20-15-11-9-14(10-12-15)18(22)21-13-5-4-8-17(19(21)23)26(24,25)16-6-2-1-3-7-16/h1-3,6-7,9-12,17H,4-5,8,13H2/t17-/m0/s1. The molecule has 2 aromatic carbocycles. The second-order valence-corrected chi connectivity index (χ2v) is 8.27. The van der Waals surface area contributed by atoms with Crippen molar-refractivity contribution in [2.24, 2.45) is 0 Å². The highest BCUT2D eigenvalue weighted by Gasteiger charge is 2.40. The van der Waals surface area contributed by atoms with Crippen molar-refractivity contribution in [3.8, 4) is 0 Å². The van der Waals surface area contributed by atoms with Gasteiger partial charge in [-0.25, -0.2) is 12.8 Å². The zero-order valence-electron chi connectivity index (χ0n) is 14.0. The SMILES string of the molecule is O=C(c1ccc(F)cc1)N1CCCC[C@H](S(=O)(=O)c2ccccc2)C1=O. The highest BCUT2D eigenvalue weighted by molar-refractivity contribution is 7.92. The molecule has 5 nitrogen and oxygen atoms in total. The summed E-state index contributed by atoms with van der Waals surface area (Å²) in [6.07, 6.45) is 1.22. The van der Waals surface area contributed by atoms with Crippen LogP contribution in [0.4, 0.5) is 4.39 Å². The molecule has 2 aromatic rings. The van der Waals surface area contributed by atoms with E-state index in [1.165, 1.54) is 24.3 Å². The fourth-order valence-electron chi connectivity index (χ4n) is 3.02. The lowest BCUT2D eigenvalue weighted by atomic mass is 10.2. The van der Waals surface area contributed by atoms with Crippen molar-refractivity contribution in [1.29, 1.82) is 0 Å². The Hall–Kier alpha value is -2.54. The van der Waals surface area contributed by atoms with Crippen LogP contribution in [-0.2, 0) is 14.6 Å². The van der Waals surface area contributed by atoms with Crippen molar-refractivity contribution in [2.75, 3.05) is 6.54 Å². The lowest BCUT2D eigenvalue weighted by Gasteiger charge is -2.23. The molecule has 1 heterocycles. The lowest BCUT2D eigenvalue weighted by Crippen LogP contribution is -2.45. The topological polar surface area (TPSA) is 71.5 Å². The number of benzene rings is 2. The zero-order valence-corrected chi connectivity index (χ0v) is 14.8. The van der Waals surface area contributed by atoms with Crippen molar-refractivity contribution in [3.05, 3.63) is 66.0 Å². The maximum atomic E-state index is 13.1. The van der Waals surface area contributed by atoms with Gasteiger partial charge in [-0.2, -0.15) is 0 Å². The second-order valence-electron chi connectivity index (χ2n) is 6.14. The third kappa shape index (κ3) is 3.53. The van der Waals surface area contributed by atoms with E-state index in [0.29, 0.717) is 12.8 Å². The van der Waals surface area contributed by atoms with E-state index in [9.17, 15) is 22.4 Å². The van der Waals surface area contributed by atoms with Crippen LogP contribution in [0, 0.1) is 5.82 Å². The largest absolute Gasteiger partial charge is 0.277 e. The number of imide groups is 1. The molecule has 1 saturated heterocycles. The number of carbonyl (C=O) groups excluding carboxylic acids is 2. The lowest BCUT2D eigenvalue weighted by molar-refractivity contribution is -0.127. The van der Waals surface area contributed by atoms with Crippen molar-refractivity contribution in [3.63, 3.8) is 0 Å². The van der Waals surface area contributed by atoms with Gasteiger partial charge in [0.15, 0.2) is 9.84 Å². The molecule has 1 fully saturated rings. The Labute approximate surface area is 151 Å². The summed E-state index contributed by atoms with van der Waals surface area (Å²) in [5.74, 6) is -1.82. The van der Waals surface area contributed by atoms with Crippen molar-refractivity contribution in [2.45, 2.75) is 29.4 Å². The Morgan fingerprint density at radius 2 is 1.65 bits per heavy atom. The van der Waals surface area contributed by atoms with E-state index in [0.717, 1.165) is 17.0 Å². The van der Waals surface area contributed by atoms with Crippen LogP contribution in [0.25, 0.3) is 0 Å². The summed E-state index contributed by atoms with van der Waals surface area (Å²) in [5, 5.41) is -1.29. The average molecular weight is 375 g/mol. The maximum Gasteiger partial charge on any atom is 0.260 e. The van der Waals surface area contributed by atoms with Gasteiger partial charge in [0.05, 0.1) is 4.90 Å². The smallest absolute Gasteiger partial charge is 0.260 e. The molecule has 1 aliphatic rings. The van der Waals surface area contributed by atoms with Crippen LogP contribution in [0.2, 0.25) is 0 Å². The molecule has 0 radical (unpaired) electrons. The molecule has 2 amide bonds. The maximum absolute atomic E-state index is 13.1. The minimum Gasteiger partial charge on any atom is -0.277 e. The normalized spacial score (nSPS) is 18.4. The first-order valence-corrected chi connectivity index (χ1v) is 9.86. The molecule has 0 N–H and O–H groups in total. The van der Waals surface area contributed by atoms with Gasteiger partial charge in [0.25, 0.3) is 5.91 Å². The van der Waals surface area contributed by atoms with Crippen molar-refractivity contribution < 1.29 is 22.4 Å².